The Morgan fingerprint density at radius 2 is 1.89 bits per heavy atom. The van der Waals surface area contributed by atoms with Gasteiger partial charge in [0, 0.05) is 24.5 Å². The highest BCUT2D eigenvalue weighted by atomic mass is 19.4. The molecule has 2 amide bonds. The van der Waals surface area contributed by atoms with Crippen molar-refractivity contribution in [3.05, 3.63) is 53.3 Å². The molecule has 0 spiro atoms. The molecule has 190 valence electrons. The minimum absolute atomic E-state index is 0.115. The third-order valence-electron chi connectivity index (χ3n) is 7.22. The number of methoxy groups -OCH3 is 2. The number of benzene rings is 2. The number of urea groups is 1. The highest BCUT2D eigenvalue weighted by Gasteiger charge is 2.50. The van der Waals surface area contributed by atoms with E-state index in [0.717, 1.165) is 37.2 Å². The lowest BCUT2D eigenvalue weighted by Gasteiger charge is -2.42. The molecule has 0 radical (unpaired) electrons. The summed E-state index contributed by atoms with van der Waals surface area (Å²) in [5.74, 6) is 0.0680. The van der Waals surface area contributed by atoms with Crippen LogP contribution in [0, 0.1) is 11.7 Å². The van der Waals surface area contributed by atoms with Crippen molar-refractivity contribution in [2.75, 3.05) is 39.7 Å². The van der Waals surface area contributed by atoms with Gasteiger partial charge in [0.1, 0.15) is 0 Å². The fraction of sp³-hybridized carbons (Fsp3) is 0.480. The average Bonchev–Trinajstić information content (AvgIpc) is 3.15. The predicted octanol–water partition coefficient (Wildman–Crippen LogP) is 5.04. The molecular formula is C25H29F4N3O3. The monoisotopic (exact) mass is 495 g/mol. The van der Waals surface area contributed by atoms with Gasteiger partial charge < -0.3 is 25.0 Å². The van der Waals surface area contributed by atoms with Gasteiger partial charge in [-0.3, -0.25) is 0 Å². The van der Waals surface area contributed by atoms with Gasteiger partial charge in [-0.15, -0.1) is 0 Å². The van der Waals surface area contributed by atoms with Crippen molar-refractivity contribution in [1.82, 2.24) is 10.2 Å². The number of amides is 2. The highest BCUT2D eigenvalue weighted by Crippen LogP contribution is 2.49. The number of carbonyl (C=O) groups excluding carboxylic acids is 1. The van der Waals surface area contributed by atoms with Crippen LogP contribution in [0.1, 0.15) is 30.4 Å². The second kappa shape index (κ2) is 9.56. The van der Waals surface area contributed by atoms with E-state index in [4.69, 9.17) is 9.47 Å². The third kappa shape index (κ3) is 4.89. The molecule has 1 heterocycles. The van der Waals surface area contributed by atoms with Crippen LogP contribution in [0.5, 0.6) is 11.5 Å². The third-order valence-corrected chi connectivity index (χ3v) is 7.22. The number of halogens is 4. The summed E-state index contributed by atoms with van der Waals surface area (Å²) in [6, 6.07) is 7.88. The van der Waals surface area contributed by atoms with Crippen LogP contribution in [-0.4, -0.2) is 51.3 Å². The van der Waals surface area contributed by atoms with Gasteiger partial charge in [0.25, 0.3) is 0 Å². The summed E-state index contributed by atoms with van der Waals surface area (Å²) in [7, 11) is 5.26. The number of rotatable bonds is 5. The zero-order valence-electron chi connectivity index (χ0n) is 19.8. The Morgan fingerprint density at radius 3 is 2.57 bits per heavy atom. The molecule has 0 bridgehead atoms. The maximum absolute atomic E-state index is 14.3. The second-order valence-corrected chi connectivity index (χ2v) is 9.35. The largest absolute Gasteiger partial charge is 0.493 e. The number of hydrogen-bond acceptors (Lipinski definition) is 4. The first-order valence-electron chi connectivity index (χ1n) is 11.4. The minimum Gasteiger partial charge on any atom is -0.493 e. The van der Waals surface area contributed by atoms with Gasteiger partial charge in [-0.25, -0.2) is 9.18 Å². The first kappa shape index (κ1) is 25.1. The molecule has 2 N–H and O–H groups in total. The van der Waals surface area contributed by atoms with E-state index in [1.165, 1.54) is 0 Å². The van der Waals surface area contributed by atoms with Gasteiger partial charge in [0.05, 0.1) is 25.5 Å². The fourth-order valence-corrected chi connectivity index (χ4v) is 5.64. The Morgan fingerprint density at radius 1 is 1.14 bits per heavy atom. The lowest BCUT2D eigenvalue weighted by molar-refractivity contribution is -0.139. The number of likely N-dealkylation sites (tertiary alicyclic amines) is 1. The van der Waals surface area contributed by atoms with Crippen molar-refractivity contribution in [2.45, 2.75) is 36.9 Å². The number of nitrogens with zero attached hydrogens (tertiary/aromatic N) is 1. The number of alkyl halides is 3. The number of hydrogen-bond donors (Lipinski definition) is 2. The molecule has 4 rings (SSSR count). The number of nitrogens with one attached hydrogen (secondary N) is 2. The lowest BCUT2D eigenvalue weighted by atomic mass is 9.63. The maximum Gasteiger partial charge on any atom is 0.419 e. The molecule has 0 unspecified atom stereocenters. The van der Waals surface area contributed by atoms with Crippen molar-refractivity contribution < 1.29 is 31.8 Å². The summed E-state index contributed by atoms with van der Waals surface area (Å²) in [5, 5.41) is 5.07. The number of fused-ring (bicyclic) bond motifs is 1. The SMILES string of the molecule is COc1ccc([C@]23CC[C@@H](NC(=O)Nc4cccc(C(F)(F)F)c4F)C[C@@H]2CN(C)C3)cc1OC. The molecule has 2 aliphatic rings. The Kier molecular flexibility index (Phi) is 6.86. The molecule has 1 saturated heterocycles. The maximum atomic E-state index is 14.3. The van der Waals surface area contributed by atoms with E-state index in [-0.39, 0.29) is 17.4 Å². The average molecular weight is 496 g/mol. The Labute approximate surface area is 201 Å². The van der Waals surface area contributed by atoms with E-state index in [9.17, 15) is 22.4 Å². The lowest BCUT2D eigenvalue weighted by Crippen LogP contribution is -2.48. The summed E-state index contributed by atoms with van der Waals surface area (Å²) in [6.45, 7) is 1.71. The van der Waals surface area contributed by atoms with E-state index in [2.05, 4.69) is 28.6 Å². The fourth-order valence-electron chi connectivity index (χ4n) is 5.64. The van der Waals surface area contributed by atoms with Gasteiger partial charge in [-0.05, 0) is 62.1 Å². The van der Waals surface area contributed by atoms with E-state index in [1.807, 2.05) is 12.1 Å². The molecule has 2 aromatic rings. The number of anilines is 1. The van der Waals surface area contributed by atoms with E-state index < -0.39 is 29.3 Å². The van der Waals surface area contributed by atoms with Crippen molar-refractivity contribution in [2.24, 2.45) is 5.92 Å². The smallest absolute Gasteiger partial charge is 0.419 e. The molecule has 0 aromatic heterocycles. The number of carbonyl (C=O) groups is 1. The molecular weight excluding hydrogens is 466 g/mol. The molecule has 2 aromatic carbocycles. The molecule has 2 fully saturated rings. The Hall–Kier alpha value is -3.01. The van der Waals surface area contributed by atoms with E-state index in [1.54, 1.807) is 14.2 Å². The molecule has 6 nitrogen and oxygen atoms in total. The molecule has 1 aliphatic heterocycles. The molecule has 1 saturated carbocycles. The van der Waals surface area contributed by atoms with Gasteiger partial charge in [-0.1, -0.05) is 12.1 Å². The van der Waals surface area contributed by atoms with E-state index in [0.29, 0.717) is 30.4 Å². The quantitative estimate of drug-likeness (QED) is 0.571. The summed E-state index contributed by atoms with van der Waals surface area (Å²) >= 11 is 0. The molecule has 3 atom stereocenters. The van der Waals surface area contributed by atoms with Crippen LogP contribution >= 0.6 is 0 Å². The van der Waals surface area contributed by atoms with Gasteiger partial charge >= 0.3 is 12.2 Å². The Balaban J connectivity index is 1.47. The number of likely N-dealkylation sites (N-methyl/N-ethyl adjacent to an activating group) is 1. The zero-order valence-corrected chi connectivity index (χ0v) is 19.8. The standard InChI is InChI=1S/C25H29F4N3O3/c1-32-13-16-11-17(30-23(33)31-19-6-4-5-18(22(19)26)25(27,28)29)9-10-24(16,14-32)15-7-8-20(34-2)21(12-15)35-3/h4-8,12,16-17H,9-11,13-14H2,1-3H3,(H2,30,31,33)/t16-,17-,24-/m1/s1. The topological polar surface area (TPSA) is 62.8 Å². The van der Waals surface area contributed by atoms with Crippen LogP contribution in [0.4, 0.5) is 28.0 Å². The van der Waals surface area contributed by atoms with Crippen molar-refractivity contribution in [1.29, 1.82) is 0 Å². The van der Waals surface area contributed by atoms with E-state index >= 15 is 0 Å². The molecule has 35 heavy (non-hydrogen) atoms. The summed E-state index contributed by atoms with van der Waals surface area (Å²) in [6.07, 6.45) is -2.67. The van der Waals surface area contributed by atoms with Crippen LogP contribution in [0.3, 0.4) is 0 Å². The van der Waals surface area contributed by atoms with Crippen molar-refractivity contribution in [3.8, 4) is 11.5 Å². The van der Waals surface area contributed by atoms with Crippen LogP contribution < -0.4 is 20.1 Å². The normalized spacial score (nSPS) is 24.5. The van der Waals surface area contributed by atoms with Gasteiger partial charge in [0.2, 0.25) is 0 Å². The van der Waals surface area contributed by atoms with Gasteiger partial charge in [-0.2, -0.15) is 13.2 Å². The Bertz CT molecular complexity index is 1090. The summed E-state index contributed by atoms with van der Waals surface area (Å²) < 4.78 is 64.1. The summed E-state index contributed by atoms with van der Waals surface area (Å²) in [4.78, 5) is 14.8. The van der Waals surface area contributed by atoms with Gasteiger partial charge in [0.15, 0.2) is 17.3 Å². The van der Waals surface area contributed by atoms with Crippen molar-refractivity contribution in [3.63, 3.8) is 0 Å². The minimum atomic E-state index is -4.84. The zero-order chi connectivity index (χ0) is 25.4. The molecule has 10 heteroatoms. The van der Waals surface area contributed by atoms with Crippen molar-refractivity contribution >= 4 is 11.7 Å². The second-order valence-electron chi connectivity index (χ2n) is 9.35. The number of ether oxygens (including phenoxy) is 2. The summed E-state index contributed by atoms with van der Waals surface area (Å²) in [5.41, 5.74) is -0.885. The molecule has 1 aliphatic carbocycles. The first-order valence-corrected chi connectivity index (χ1v) is 11.4. The van der Waals surface area contributed by atoms with Crippen LogP contribution in [0.15, 0.2) is 36.4 Å². The first-order chi connectivity index (χ1) is 16.6. The highest BCUT2D eigenvalue weighted by molar-refractivity contribution is 5.89. The van der Waals surface area contributed by atoms with Crippen LogP contribution in [0.25, 0.3) is 0 Å². The van der Waals surface area contributed by atoms with Crippen LogP contribution in [0.2, 0.25) is 0 Å². The van der Waals surface area contributed by atoms with Crippen LogP contribution in [-0.2, 0) is 11.6 Å². The predicted molar refractivity (Wildman–Crippen MR) is 123 cm³/mol.